The number of ether oxygens (including phenoxy) is 1. The number of anilines is 2. The summed E-state index contributed by atoms with van der Waals surface area (Å²) in [7, 11) is 0. The van der Waals surface area contributed by atoms with Gasteiger partial charge in [0.1, 0.15) is 11.1 Å². The summed E-state index contributed by atoms with van der Waals surface area (Å²) in [6.07, 6.45) is 4.13. The molecular formula is C28H34FN7O4. The molecule has 5 rings (SSSR count). The molecule has 2 amide bonds. The number of imidazole rings is 1. The summed E-state index contributed by atoms with van der Waals surface area (Å²) in [6.45, 7) is 11.3. The summed E-state index contributed by atoms with van der Waals surface area (Å²) < 4.78 is 23.3. The first-order chi connectivity index (χ1) is 18.9. The molecule has 0 spiro atoms. The Bertz CT molecular complexity index is 1580. The largest absolute Gasteiger partial charge is 0.444 e. The van der Waals surface area contributed by atoms with Gasteiger partial charge in [-0.2, -0.15) is 5.10 Å². The van der Waals surface area contributed by atoms with Gasteiger partial charge in [0.25, 0.3) is 5.91 Å². The number of nitrogens with zero attached hydrogens (tertiary/aromatic N) is 6. The zero-order chi connectivity index (χ0) is 28.8. The molecule has 2 N–H and O–H groups in total. The third-order valence-electron chi connectivity index (χ3n) is 6.55. The summed E-state index contributed by atoms with van der Waals surface area (Å²) in [5.41, 5.74) is 2.22. The lowest BCUT2D eigenvalue weighted by Crippen LogP contribution is -2.50. The highest BCUT2D eigenvalue weighted by Crippen LogP contribution is 2.31. The highest BCUT2D eigenvalue weighted by atomic mass is 19.1. The predicted molar refractivity (Wildman–Crippen MR) is 149 cm³/mol. The van der Waals surface area contributed by atoms with Crippen LogP contribution in [0.25, 0.3) is 16.6 Å². The number of aliphatic hydroxyl groups excluding tert-OH is 1. The van der Waals surface area contributed by atoms with E-state index in [9.17, 15) is 19.1 Å². The lowest BCUT2D eigenvalue weighted by molar-refractivity contribution is 0.0240. The molecule has 1 saturated heterocycles. The van der Waals surface area contributed by atoms with Gasteiger partial charge in [0.2, 0.25) is 0 Å². The summed E-state index contributed by atoms with van der Waals surface area (Å²) in [6, 6.07) is 4.79. The van der Waals surface area contributed by atoms with E-state index >= 15 is 0 Å². The number of fused-ring (bicyclic) bond motifs is 2. The van der Waals surface area contributed by atoms with Crippen LogP contribution < -0.4 is 10.2 Å². The fourth-order valence-electron chi connectivity index (χ4n) is 4.86. The smallest absolute Gasteiger partial charge is 0.410 e. The van der Waals surface area contributed by atoms with Crippen LogP contribution in [0.15, 0.2) is 36.8 Å². The van der Waals surface area contributed by atoms with Crippen molar-refractivity contribution in [2.24, 2.45) is 0 Å². The molecule has 1 aromatic carbocycles. The van der Waals surface area contributed by atoms with Gasteiger partial charge >= 0.3 is 6.09 Å². The molecule has 1 atom stereocenters. The van der Waals surface area contributed by atoms with Crippen molar-refractivity contribution in [1.82, 2.24) is 24.1 Å². The normalized spacial score (nSPS) is 15.1. The van der Waals surface area contributed by atoms with Crippen LogP contribution in [0.4, 0.5) is 20.6 Å². The molecule has 0 bridgehead atoms. The predicted octanol–water partition coefficient (Wildman–Crippen LogP) is 3.82. The van der Waals surface area contributed by atoms with E-state index in [2.05, 4.69) is 20.3 Å². The van der Waals surface area contributed by atoms with Gasteiger partial charge in [-0.15, -0.1) is 0 Å². The zero-order valence-electron chi connectivity index (χ0n) is 23.3. The van der Waals surface area contributed by atoms with Gasteiger partial charge in [-0.25, -0.2) is 14.2 Å². The molecule has 40 heavy (non-hydrogen) atoms. The summed E-state index contributed by atoms with van der Waals surface area (Å²) in [5, 5.41) is 18.1. The monoisotopic (exact) mass is 551 g/mol. The first-order valence-electron chi connectivity index (χ1n) is 13.3. The summed E-state index contributed by atoms with van der Waals surface area (Å²) in [5.74, 6) is -0.984. The highest BCUT2D eigenvalue weighted by molar-refractivity contribution is 6.13. The number of carbonyl (C=O) groups excluding carboxylic acids is 2. The molecule has 3 aromatic heterocycles. The molecule has 1 aliphatic heterocycles. The molecule has 0 radical (unpaired) electrons. The first kappa shape index (κ1) is 27.4. The summed E-state index contributed by atoms with van der Waals surface area (Å²) >= 11 is 0. The van der Waals surface area contributed by atoms with Crippen molar-refractivity contribution in [3.63, 3.8) is 0 Å². The van der Waals surface area contributed by atoms with Crippen molar-refractivity contribution in [2.75, 3.05) is 36.4 Å². The fraction of sp³-hybridized carbons (Fsp3) is 0.429. The van der Waals surface area contributed by atoms with Crippen LogP contribution in [0, 0.1) is 12.7 Å². The second kappa shape index (κ2) is 10.4. The molecule has 1 aliphatic rings. The minimum absolute atomic E-state index is 0.186. The van der Waals surface area contributed by atoms with Crippen LogP contribution in [0.2, 0.25) is 0 Å². The number of aliphatic hydroxyl groups is 1. The van der Waals surface area contributed by atoms with Crippen molar-refractivity contribution in [1.29, 1.82) is 0 Å². The lowest BCUT2D eigenvalue weighted by atomic mass is 10.1. The number of hydrogen-bond donors (Lipinski definition) is 2. The van der Waals surface area contributed by atoms with Crippen LogP contribution in [0.5, 0.6) is 0 Å². The van der Waals surface area contributed by atoms with Crippen molar-refractivity contribution in [3.8, 4) is 0 Å². The number of aryl methyl sites for hydroxylation is 1. The van der Waals surface area contributed by atoms with E-state index in [0.717, 1.165) is 11.1 Å². The van der Waals surface area contributed by atoms with E-state index in [-0.39, 0.29) is 24.0 Å². The number of pyridine rings is 1. The fourth-order valence-corrected chi connectivity index (χ4v) is 4.86. The highest BCUT2D eigenvalue weighted by Gasteiger charge is 2.28. The molecule has 4 heterocycles. The third-order valence-corrected chi connectivity index (χ3v) is 6.55. The number of benzene rings is 1. The second-order valence-electron chi connectivity index (χ2n) is 11.2. The second-order valence-corrected chi connectivity index (χ2v) is 11.2. The first-order valence-corrected chi connectivity index (χ1v) is 13.3. The number of rotatable bonds is 5. The standard InChI is InChI=1S/C28H34FN7O4/c1-17-13-35-15-19(12-22(29)25(35)30-17)31-26(38)20-6-7-23(21-16-36(14-18(2)37)32-24(20)21)33-8-10-34(11-9-33)27(39)40-28(3,4)5/h6-7,12-13,15-16,18,37H,8-11,14H2,1-5H3,(H,31,38). The quantitative estimate of drug-likeness (QED) is 0.387. The van der Waals surface area contributed by atoms with Crippen LogP contribution in [-0.2, 0) is 11.3 Å². The Kier molecular flexibility index (Phi) is 7.13. The van der Waals surface area contributed by atoms with Gasteiger partial charge in [-0.3, -0.25) is 9.48 Å². The molecule has 212 valence electrons. The number of carbonyl (C=O) groups is 2. The van der Waals surface area contributed by atoms with E-state index in [1.54, 1.807) is 41.9 Å². The van der Waals surface area contributed by atoms with Crippen molar-refractivity contribution in [2.45, 2.75) is 52.9 Å². The minimum atomic E-state index is -0.638. The lowest BCUT2D eigenvalue weighted by Gasteiger charge is -2.37. The van der Waals surface area contributed by atoms with Crippen molar-refractivity contribution >= 4 is 39.9 Å². The van der Waals surface area contributed by atoms with Gasteiger partial charge in [0, 0.05) is 61.9 Å². The number of halogens is 1. The Morgan fingerprint density at radius 2 is 1.88 bits per heavy atom. The van der Waals surface area contributed by atoms with E-state index in [1.807, 2.05) is 33.0 Å². The van der Waals surface area contributed by atoms with Crippen molar-refractivity contribution < 1.29 is 23.8 Å². The van der Waals surface area contributed by atoms with Gasteiger partial charge in [0.15, 0.2) is 11.5 Å². The van der Waals surface area contributed by atoms with Crippen LogP contribution >= 0.6 is 0 Å². The van der Waals surface area contributed by atoms with E-state index in [0.29, 0.717) is 43.0 Å². The number of hydrogen-bond acceptors (Lipinski definition) is 7. The zero-order valence-corrected chi connectivity index (χ0v) is 23.3. The Labute approximate surface area is 231 Å². The number of nitrogens with one attached hydrogen (secondary N) is 1. The number of aromatic nitrogens is 4. The van der Waals surface area contributed by atoms with E-state index in [4.69, 9.17) is 4.74 Å². The summed E-state index contributed by atoms with van der Waals surface area (Å²) in [4.78, 5) is 33.9. The van der Waals surface area contributed by atoms with Gasteiger partial charge in [-0.1, -0.05) is 0 Å². The van der Waals surface area contributed by atoms with Crippen LogP contribution in [0.3, 0.4) is 0 Å². The maximum absolute atomic E-state index is 14.6. The Morgan fingerprint density at radius 1 is 1.15 bits per heavy atom. The number of amides is 2. The molecule has 0 aliphatic carbocycles. The van der Waals surface area contributed by atoms with Crippen LogP contribution in [0.1, 0.15) is 43.7 Å². The molecule has 0 saturated carbocycles. The van der Waals surface area contributed by atoms with Crippen molar-refractivity contribution in [3.05, 3.63) is 53.9 Å². The Morgan fingerprint density at radius 3 is 2.55 bits per heavy atom. The number of piperazine rings is 1. The molecule has 1 fully saturated rings. The van der Waals surface area contributed by atoms with Gasteiger partial charge < -0.3 is 29.4 Å². The molecule has 1 unspecified atom stereocenters. The maximum Gasteiger partial charge on any atom is 0.410 e. The van der Waals surface area contributed by atoms with Gasteiger partial charge in [-0.05, 0) is 46.8 Å². The molecular weight excluding hydrogens is 517 g/mol. The Balaban J connectivity index is 1.42. The maximum atomic E-state index is 14.6. The molecule has 12 heteroatoms. The van der Waals surface area contributed by atoms with E-state index < -0.39 is 23.4 Å². The molecule has 4 aromatic rings. The van der Waals surface area contributed by atoms with E-state index in [1.165, 1.54) is 10.5 Å². The SMILES string of the molecule is Cc1cn2cc(NC(=O)c3ccc(N4CCN(C(=O)OC(C)(C)C)CC4)c4cn(CC(C)O)nc34)cc(F)c2n1. The van der Waals surface area contributed by atoms with Gasteiger partial charge in [0.05, 0.1) is 29.6 Å². The average molecular weight is 552 g/mol. The third kappa shape index (κ3) is 5.71. The average Bonchev–Trinajstić information content (AvgIpc) is 3.44. The Hall–Kier alpha value is -4.19. The molecule has 11 nitrogen and oxygen atoms in total. The minimum Gasteiger partial charge on any atom is -0.444 e. The van der Waals surface area contributed by atoms with Crippen LogP contribution in [-0.4, -0.2) is 79.1 Å². The topological polar surface area (TPSA) is 117 Å².